The van der Waals surface area contributed by atoms with Gasteiger partial charge in [-0.2, -0.15) is 0 Å². The SMILES string of the molecule is COc1ccc(C(=O)Nc2ccc(-n3cnc4ccccc43)nc2)cc1. The Kier molecular flexibility index (Phi) is 4.07. The fraction of sp³-hybridized carbons (Fsp3) is 0.0500. The zero-order valence-electron chi connectivity index (χ0n) is 14.1. The van der Waals surface area contributed by atoms with E-state index < -0.39 is 0 Å². The topological polar surface area (TPSA) is 69.0 Å². The van der Waals surface area contributed by atoms with Crippen LogP contribution in [0.4, 0.5) is 5.69 Å². The standard InChI is InChI=1S/C20H16N4O2/c1-26-16-9-6-14(7-10-16)20(25)23-15-8-11-19(21-12-15)24-13-22-17-4-2-3-5-18(17)24/h2-13H,1H3,(H,23,25). The number of aromatic nitrogens is 3. The number of imidazole rings is 1. The molecule has 2 heterocycles. The minimum atomic E-state index is -0.199. The third-order valence-corrected chi connectivity index (χ3v) is 4.06. The maximum absolute atomic E-state index is 12.3. The van der Waals surface area contributed by atoms with E-state index in [9.17, 15) is 4.79 Å². The molecule has 6 heteroatoms. The third kappa shape index (κ3) is 3.00. The highest BCUT2D eigenvalue weighted by Crippen LogP contribution is 2.18. The van der Waals surface area contributed by atoms with Gasteiger partial charge in [0.2, 0.25) is 0 Å². The van der Waals surface area contributed by atoms with Gasteiger partial charge in [-0.25, -0.2) is 9.97 Å². The van der Waals surface area contributed by atoms with E-state index in [4.69, 9.17) is 4.74 Å². The molecule has 26 heavy (non-hydrogen) atoms. The van der Waals surface area contributed by atoms with Gasteiger partial charge in [-0.05, 0) is 48.5 Å². The second kappa shape index (κ2) is 6.68. The molecule has 0 bridgehead atoms. The largest absolute Gasteiger partial charge is 0.497 e. The zero-order valence-corrected chi connectivity index (χ0v) is 14.1. The van der Waals surface area contributed by atoms with Crippen LogP contribution in [-0.4, -0.2) is 27.6 Å². The van der Waals surface area contributed by atoms with Crippen molar-refractivity contribution in [1.29, 1.82) is 0 Å². The van der Waals surface area contributed by atoms with Crippen molar-refractivity contribution in [3.63, 3.8) is 0 Å². The number of nitrogens with one attached hydrogen (secondary N) is 1. The lowest BCUT2D eigenvalue weighted by molar-refractivity contribution is 0.102. The molecule has 0 aliphatic rings. The minimum Gasteiger partial charge on any atom is -0.497 e. The number of anilines is 1. The molecule has 2 aromatic heterocycles. The number of methoxy groups -OCH3 is 1. The van der Waals surface area contributed by atoms with Crippen molar-refractivity contribution in [3.8, 4) is 11.6 Å². The number of rotatable bonds is 4. The summed E-state index contributed by atoms with van der Waals surface area (Å²) in [6, 6.07) is 18.5. The third-order valence-electron chi connectivity index (χ3n) is 4.06. The lowest BCUT2D eigenvalue weighted by Crippen LogP contribution is -2.12. The van der Waals surface area contributed by atoms with Gasteiger partial charge in [0.05, 0.1) is 30.0 Å². The molecule has 6 nitrogen and oxygen atoms in total. The fourth-order valence-corrected chi connectivity index (χ4v) is 2.69. The van der Waals surface area contributed by atoms with Gasteiger partial charge in [-0.1, -0.05) is 12.1 Å². The number of hydrogen-bond acceptors (Lipinski definition) is 4. The van der Waals surface area contributed by atoms with E-state index in [1.807, 2.05) is 41.0 Å². The van der Waals surface area contributed by atoms with Crippen molar-refractivity contribution in [1.82, 2.24) is 14.5 Å². The fourth-order valence-electron chi connectivity index (χ4n) is 2.69. The van der Waals surface area contributed by atoms with E-state index in [2.05, 4.69) is 15.3 Å². The number of carbonyl (C=O) groups excluding carboxylic acids is 1. The maximum Gasteiger partial charge on any atom is 0.255 e. The van der Waals surface area contributed by atoms with Crippen LogP contribution in [-0.2, 0) is 0 Å². The highest BCUT2D eigenvalue weighted by molar-refractivity contribution is 6.04. The molecule has 0 saturated heterocycles. The second-order valence-electron chi connectivity index (χ2n) is 5.69. The number of pyridine rings is 1. The lowest BCUT2D eigenvalue weighted by Gasteiger charge is -2.08. The van der Waals surface area contributed by atoms with E-state index >= 15 is 0 Å². The number of para-hydroxylation sites is 2. The second-order valence-corrected chi connectivity index (χ2v) is 5.69. The molecule has 4 rings (SSSR count). The first-order valence-corrected chi connectivity index (χ1v) is 8.08. The van der Waals surface area contributed by atoms with Crippen LogP contribution in [0.25, 0.3) is 16.9 Å². The Morgan fingerprint density at radius 1 is 1.00 bits per heavy atom. The number of amides is 1. The predicted molar refractivity (Wildman–Crippen MR) is 99.8 cm³/mol. The Morgan fingerprint density at radius 2 is 1.81 bits per heavy atom. The van der Waals surface area contributed by atoms with Gasteiger partial charge < -0.3 is 10.1 Å². The van der Waals surface area contributed by atoms with E-state index in [1.165, 1.54) is 0 Å². The van der Waals surface area contributed by atoms with Crippen LogP contribution in [0, 0.1) is 0 Å². The van der Waals surface area contributed by atoms with Gasteiger partial charge in [0, 0.05) is 5.56 Å². The highest BCUT2D eigenvalue weighted by Gasteiger charge is 2.08. The molecule has 0 fully saturated rings. The quantitative estimate of drug-likeness (QED) is 0.613. The molecule has 1 N–H and O–H groups in total. The first-order valence-electron chi connectivity index (χ1n) is 8.08. The monoisotopic (exact) mass is 344 g/mol. The predicted octanol–water partition coefficient (Wildman–Crippen LogP) is 3.68. The minimum absolute atomic E-state index is 0.199. The molecule has 2 aromatic carbocycles. The number of carbonyl (C=O) groups is 1. The Balaban J connectivity index is 1.53. The number of fused-ring (bicyclic) bond motifs is 1. The summed E-state index contributed by atoms with van der Waals surface area (Å²) in [5.74, 6) is 1.25. The molecule has 0 aliphatic carbocycles. The molecule has 0 radical (unpaired) electrons. The van der Waals surface area contributed by atoms with Crippen LogP contribution >= 0.6 is 0 Å². The maximum atomic E-state index is 12.3. The van der Waals surface area contributed by atoms with Crippen molar-refractivity contribution in [3.05, 3.63) is 78.8 Å². The summed E-state index contributed by atoms with van der Waals surface area (Å²) >= 11 is 0. The Hall–Kier alpha value is -3.67. The average molecular weight is 344 g/mol. The molecule has 0 unspecified atom stereocenters. The van der Waals surface area contributed by atoms with Crippen LogP contribution in [0.1, 0.15) is 10.4 Å². The van der Waals surface area contributed by atoms with Gasteiger partial charge in [0.1, 0.15) is 17.9 Å². The van der Waals surface area contributed by atoms with Gasteiger partial charge in [-0.3, -0.25) is 9.36 Å². The number of hydrogen-bond donors (Lipinski definition) is 1. The molecule has 0 spiro atoms. The first kappa shape index (κ1) is 15.8. The summed E-state index contributed by atoms with van der Waals surface area (Å²) in [4.78, 5) is 21.1. The van der Waals surface area contributed by atoms with Crippen LogP contribution in [0.15, 0.2) is 73.2 Å². The summed E-state index contributed by atoms with van der Waals surface area (Å²) < 4.78 is 7.00. The Morgan fingerprint density at radius 3 is 2.54 bits per heavy atom. The molecule has 1 amide bonds. The number of nitrogens with zero attached hydrogens (tertiary/aromatic N) is 3. The summed E-state index contributed by atoms with van der Waals surface area (Å²) in [6.07, 6.45) is 3.37. The van der Waals surface area contributed by atoms with E-state index in [0.29, 0.717) is 17.0 Å². The number of ether oxygens (including phenoxy) is 1. The molecule has 4 aromatic rings. The normalized spacial score (nSPS) is 10.7. The lowest BCUT2D eigenvalue weighted by atomic mass is 10.2. The van der Waals surface area contributed by atoms with E-state index in [1.54, 1.807) is 43.9 Å². The summed E-state index contributed by atoms with van der Waals surface area (Å²) in [5.41, 5.74) is 3.07. The van der Waals surface area contributed by atoms with Crippen molar-refractivity contribution in [2.75, 3.05) is 12.4 Å². The van der Waals surface area contributed by atoms with Gasteiger partial charge >= 0.3 is 0 Å². The Bertz CT molecular complexity index is 1050. The van der Waals surface area contributed by atoms with E-state index in [-0.39, 0.29) is 5.91 Å². The van der Waals surface area contributed by atoms with Crippen LogP contribution < -0.4 is 10.1 Å². The van der Waals surface area contributed by atoms with Gasteiger partial charge in [0.15, 0.2) is 0 Å². The number of benzene rings is 2. The highest BCUT2D eigenvalue weighted by atomic mass is 16.5. The van der Waals surface area contributed by atoms with Crippen molar-refractivity contribution in [2.24, 2.45) is 0 Å². The first-order chi connectivity index (χ1) is 12.7. The van der Waals surface area contributed by atoms with Gasteiger partial charge in [-0.15, -0.1) is 0 Å². The summed E-state index contributed by atoms with van der Waals surface area (Å²) in [6.45, 7) is 0. The van der Waals surface area contributed by atoms with Crippen LogP contribution in [0.2, 0.25) is 0 Å². The molecule has 0 atom stereocenters. The summed E-state index contributed by atoms with van der Waals surface area (Å²) in [5, 5.41) is 2.84. The smallest absolute Gasteiger partial charge is 0.255 e. The molecule has 128 valence electrons. The van der Waals surface area contributed by atoms with Crippen molar-refractivity contribution < 1.29 is 9.53 Å². The van der Waals surface area contributed by atoms with Gasteiger partial charge in [0.25, 0.3) is 5.91 Å². The van der Waals surface area contributed by atoms with Crippen molar-refractivity contribution in [2.45, 2.75) is 0 Å². The average Bonchev–Trinajstić information content (AvgIpc) is 3.13. The Labute approximate surface area is 150 Å². The zero-order chi connectivity index (χ0) is 17.9. The van der Waals surface area contributed by atoms with Crippen LogP contribution in [0.3, 0.4) is 0 Å². The molecular weight excluding hydrogens is 328 g/mol. The molecule has 0 aliphatic heterocycles. The van der Waals surface area contributed by atoms with Crippen molar-refractivity contribution >= 4 is 22.6 Å². The van der Waals surface area contributed by atoms with Crippen LogP contribution in [0.5, 0.6) is 5.75 Å². The van der Waals surface area contributed by atoms with E-state index in [0.717, 1.165) is 16.9 Å². The summed E-state index contributed by atoms with van der Waals surface area (Å²) in [7, 11) is 1.59. The molecular formula is C20H16N4O2. The molecule has 0 saturated carbocycles.